The smallest absolute Gasteiger partial charge is 0.263 e. The van der Waals surface area contributed by atoms with E-state index in [-0.39, 0.29) is 5.91 Å². The second-order valence-electron chi connectivity index (χ2n) is 2.95. The molecule has 0 aromatic carbocycles. The number of aromatic nitrogens is 1. The molecule has 0 aliphatic heterocycles. The van der Waals surface area contributed by atoms with E-state index in [0.717, 1.165) is 33.0 Å². The van der Waals surface area contributed by atoms with Gasteiger partial charge in [0.1, 0.15) is 4.88 Å². The number of aryl methyl sites for hydroxylation is 2. The maximum atomic E-state index is 11.6. The minimum absolute atomic E-state index is 0.0120. The normalized spacial score (nSPS) is 10.2. The number of nitrogens with zero attached hydrogens (tertiary/aromatic N) is 1. The lowest BCUT2D eigenvalue weighted by atomic mass is 10.3. The third kappa shape index (κ3) is 3.20. The molecule has 3 nitrogen and oxygen atoms in total. The number of alkyl halides is 1. The molecule has 5 heteroatoms. The monoisotopic (exact) mass is 324 g/mol. The van der Waals surface area contributed by atoms with Gasteiger partial charge in [0.15, 0.2) is 0 Å². The number of rotatable bonds is 4. The minimum Gasteiger partial charge on any atom is -0.351 e. The Labute approximate surface area is 101 Å². The third-order valence-corrected chi connectivity index (χ3v) is 3.54. The number of hydrogen-bond donors (Lipinski definition) is 1. The quantitative estimate of drug-likeness (QED) is 0.525. The molecule has 0 radical (unpaired) electrons. The van der Waals surface area contributed by atoms with E-state index in [1.165, 1.54) is 11.3 Å². The maximum absolute atomic E-state index is 11.6. The zero-order valence-electron chi connectivity index (χ0n) is 8.26. The Morgan fingerprint density at radius 2 is 2.29 bits per heavy atom. The number of carbonyl (C=O) groups excluding carboxylic acids is 1. The number of nitrogens with one attached hydrogen (secondary N) is 1. The predicted molar refractivity (Wildman–Crippen MR) is 67.4 cm³/mol. The van der Waals surface area contributed by atoms with Gasteiger partial charge < -0.3 is 5.32 Å². The number of hydrogen-bond acceptors (Lipinski definition) is 3. The Balaban J connectivity index is 2.56. The molecule has 0 atom stereocenters. The lowest BCUT2D eigenvalue weighted by Gasteiger charge is -2.01. The van der Waals surface area contributed by atoms with Gasteiger partial charge >= 0.3 is 0 Å². The average Bonchev–Trinajstić information content (AvgIpc) is 2.45. The SMILES string of the molecule is Cc1nc(C)c(C(=O)NCCCI)s1. The number of thiazole rings is 1. The summed E-state index contributed by atoms with van der Waals surface area (Å²) in [4.78, 5) is 16.6. The van der Waals surface area contributed by atoms with Crippen molar-refractivity contribution in [2.45, 2.75) is 20.3 Å². The first-order valence-electron chi connectivity index (χ1n) is 4.43. The van der Waals surface area contributed by atoms with E-state index in [1.807, 2.05) is 13.8 Å². The lowest BCUT2D eigenvalue weighted by molar-refractivity contribution is 0.0957. The van der Waals surface area contributed by atoms with Crippen LogP contribution in [0.15, 0.2) is 0 Å². The van der Waals surface area contributed by atoms with Gasteiger partial charge in [-0.2, -0.15) is 0 Å². The summed E-state index contributed by atoms with van der Waals surface area (Å²) in [5, 5.41) is 3.83. The molecule has 1 N–H and O–H groups in total. The summed E-state index contributed by atoms with van der Waals surface area (Å²) in [6, 6.07) is 0. The van der Waals surface area contributed by atoms with Gasteiger partial charge in [0.2, 0.25) is 0 Å². The fourth-order valence-corrected chi connectivity index (χ4v) is 2.31. The number of halogens is 1. The first kappa shape index (κ1) is 11.9. The van der Waals surface area contributed by atoms with Crippen LogP contribution in [0.1, 0.15) is 26.8 Å². The lowest BCUT2D eigenvalue weighted by Crippen LogP contribution is -2.24. The van der Waals surface area contributed by atoms with E-state index >= 15 is 0 Å². The Kier molecular flexibility index (Phi) is 4.80. The molecule has 0 aliphatic rings. The number of amides is 1. The molecule has 0 bridgehead atoms. The molecule has 1 heterocycles. The van der Waals surface area contributed by atoms with Crippen LogP contribution in [0.3, 0.4) is 0 Å². The summed E-state index contributed by atoms with van der Waals surface area (Å²) < 4.78 is 1.07. The summed E-state index contributed by atoms with van der Waals surface area (Å²) in [5.41, 5.74) is 0.833. The van der Waals surface area contributed by atoms with E-state index in [4.69, 9.17) is 0 Å². The van der Waals surface area contributed by atoms with Crippen LogP contribution in [0.5, 0.6) is 0 Å². The molecule has 78 valence electrons. The Morgan fingerprint density at radius 3 is 2.79 bits per heavy atom. The summed E-state index contributed by atoms with van der Waals surface area (Å²) in [5.74, 6) is 0.0120. The van der Waals surface area contributed by atoms with Crippen LogP contribution in [0, 0.1) is 13.8 Å². The fraction of sp³-hybridized carbons (Fsp3) is 0.556. The minimum atomic E-state index is 0.0120. The molecule has 1 amide bonds. The second-order valence-corrected chi connectivity index (χ2v) is 5.23. The summed E-state index contributed by atoms with van der Waals surface area (Å²) >= 11 is 3.75. The van der Waals surface area contributed by atoms with Crippen molar-refractivity contribution in [3.05, 3.63) is 15.6 Å². The van der Waals surface area contributed by atoms with Crippen molar-refractivity contribution in [3.8, 4) is 0 Å². The molecular formula is C9H13IN2OS. The summed E-state index contributed by atoms with van der Waals surface area (Å²) in [7, 11) is 0. The highest BCUT2D eigenvalue weighted by atomic mass is 127. The zero-order valence-corrected chi connectivity index (χ0v) is 11.2. The molecule has 1 aromatic rings. The van der Waals surface area contributed by atoms with Crippen LogP contribution < -0.4 is 5.32 Å². The highest BCUT2D eigenvalue weighted by Gasteiger charge is 2.12. The van der Waals surface area contributed by atoms with Crippen LogP contribution >= 0.6 is 33.9 Å². The van der Waals surface area contributed by atoms with Gasteiger partial charge in [0.05, 0.1) is 10.7 Å². The van der Waals surface area contributed by atoms with Crippen LogP contribution in [0.25, 0.3) is 0 Å². The van der Waals surface area contributed by atoms with Gasteiger partial charge in [-0.05, 0) is 20.3 Å². The van der Waals surface area contributed by atoms with Crippen LogP contribution in [-0.2, 0) is 0 Å². The summed E-state index contributed by atoms with van der Waals surface area (Å²) in [6.45, 7) is 4.54. The van der Waals surface area contributed by atoms with Gasteiger partial charge in [-0.15, -0.1) is 11.3 Å². The first-order chi connectivity index (χ1) is 6.65. The third-order valence-electron chi connectivity index (χ3n) is 1.71. The Morgan fingerprint density at radius 1 is 1.57 bits per heavy atom. The molecule has 0 saturated heterocycles. The molecule has 0 unspecified atom stereocenters. The molecule has 14 heavy (non-hydrogen) atoms. The van der Waals surface area contributed by atoms with Crippen molar-refractivity contribution in [2.24, 2.45) is 0 Å². The van der Waals surface area contributed by atoms with Gasteiger partial charge in [-0.3, -0.25) is 4.79 Å². The maximum Gasteiger partial charge on any atom is 0.263 e. The molecule has 1 aromatic heterocycles. The topological polar surface area (TPSA) is 42.0 Å². The molecular weight excluding hydrogens is 311 g/mol. The van der Waals surface area contributed by atoms with Gasteiger partial charge in [-0.25, -0.2) is 4.98 Å². The van der Waals surface area contributed by atoms with E-state index in [0.29, 0.717) is 0 Å². The van der Waals surface area contributed by atoms with Gasteiger partial charge in [-0.1, -0.05) is 22.6 Å². The van der Waals surface area contributed by atoms with Crippen molar-refractivity contribution in [1.82, 2.24) is 10.3 Å². The van der Waals surface area contributed by atoms with Crippen LogP contribution in [0.4, 0.5) is 0 Å². The predicted octanol–water partition coefficient (Wildman–Crippen LogP) is 2.31. The van der Waals surface area contributed by atoms with E-state index in [1.54, 1.807) is 0 Å². The Hall–Kier alpha value is -0.170. The highest BCUT2D eigenvalue weighted by Crippen LogP contribution is 2.16. The Bertz CT molecular complexity index is 325. The van der Waals surface area contributed by atoms with Crippen LogP contribution in [-0.4, -0.2) is 21.9 Å². The standard InChI is InChI=1S/C9H13IN2OS/c1-6-8(14-7(2)12-6)9(13)11-5-3-4-10/h3-5H2,1-2H3,(H,11,13). The zero-order chi connectivity index (χ0) is 10.6. The highest BCUT2D eigenvalue weighted by molar-refractivity contribution is 14.1. The van der Waals surface area contributed by atoms with Crippen molar-refractivity contribution in [1.29, 1.82) is 0 Å². The van der Waals surface area contributed by atoms with Gasteiger partial charge in [0, 0.05) is 11.0 Å². The summed E-state index contributed by atoms with van der Waals surface area (Å²) in [6.07, 6.45) is 1.02. The molecule has 1 rings (SSSR count). The average molecular weight is 324 g/mol. The first-order valence-corrected chi connectivity index (χ1v) is 6.77. The van der Waals surface area contributed by atoms with E-state index in [2.05, 4.69) is 32.9 Å². The molecule has 0 aliphatic carbocycles. The van der Waals surface area contributed by atoms with E-state index < -0.39 is 0 Å². The van der Waals surface area contributed by atoms with E-state index in [9.17, 15) is 4.79 Å². The van der Waals surface area contributed by atoms with Gasteiger partial charge in [0.25, 0.3) is 5.91 Å². The van der Waals surface area contributed by atoms with Crippen molar-refractivity contribution >= 4 is 39.8 Å². The van der Waals surface area contributed by atoms with Crippen molar-refractivity contribution in [2.75, 3.05) is 11.0 Å². The molecule has 0 saturated carbocycles. The second kappa shape index (κ2) is 5.65. The largest absolute Gasteiger partial charge is 0.351 e. The molecule has 0 spiro atoms. The van der Waals surface area contributed by atoms with Crippen molar-refractivity contribution in [3.63, 3.8) is 0 Å². The van der Waals surface area contributed by atoms with Crippen LogP contribution in [0.2, 0.25) is 0 Å². The number of carbonyl (C=O) groups is 1. The fourth-order valence-electron chi connectivity index (χ4n) is 1.09. The van der Waals surface area contributed by atoms with Crippen molar-refractivity contribution < 1.29 is 4.79 Å². The molecule has 0 fully saturated rings.